The van der Waals surface area contributed by atoms with E-state index in [9.17, 15) is 8.42 Å². The molecule has 0 unspecified atom stereocenters. The van der Waals surface area contributed by atoms with E-state index in [-0.39, 0.29) is 0 Å². The number of nitrogens with zero attached hydrogens (tertiary/aromatic N) is 1. The maximum Gasteiger partial charge on any atom is 0.243 e. The predicted molar refractivity (Wildman–Crippen MR) is 84.6 cm³/mol. The van der Waals surface area contributed by atoms with Gasteiger partial charge in [-0.05, 0) is 37.1 Å². The van der Waals surface area contributed by atoms with Gasteiger partial charge in [0.1, 0.15) is 0 Å². The van der Waals surface area contributed by atoms with Gasteiger partial charge in [0, 0.05) is 25.3 Å². The Morgan fingerprint density at radius 2 is 1.70 bits per heavy atom. The number of sulfonamides is 1. The molecule has 1 aromatic carbocycles. The van der Waals surface area contributed by atoms with E-state index in [0.717, 1.165) is 31.5 Å². The lowest BCUT2D eigenvalue weighted by Gasteiger charge is -2.20. The second kappa shape index (κ2) is 8.27. The van der Waals surface area contributed by atoms with Crippen LogP contribution in [-0.4, -0.2) is 32.4 Å². The van der Waals surface area contributed by atoms with Crippen molar-refractivity contribution >= 4 is 15.7 Å². The first-order chi connectivity index (χ1) is 9.56. The summed E-state index contributed by atoms with van der Waals surface area (Å²) in [4.78, 5) is 0.373. The smallest absolute Gasteiger partial charge is 0.243 e. The van der Waals surface area contributed by atoms with Gasteiger partial charge in [-0.3, -0.25) is 0 Å². The van der Waals surface area contributed by atoms with Gasteiger partial charge in [-0.1, -0.05) is 27.2 Å². The quantitative estimate of drug-likeness (QED) is 0.761. The molecular weight excluding hydrogens is 272 g/mol. The lowest BCUT2D eigenvalue weighted by Crippen LogP contribution is -2.31. The lowest BCUT2D eigenvalue weighted by atomic mass is 10.3. The fourth-order valence-electron chi connectivity index (χ4n) is 1.95. The highest BCUT2D eigenvalue weighted by molar-refractivity contribution is 7.89. The van der Waals surface area contributed by atoms with Crippen molar-refractivity contribution in [2.45, 2.75) is 44.9 Å². The monoisotopic (exact) mass is 298 g/mol. The van der Waals surface area contributed by atoms with Crippen molar-refractivity contribution in [1.82, 2.24) is 4.31 Å². The molecule has 0 spiro atoms. The summed E-state index contributed by atoms with van der Waals surface area (Å²) >= 11 is 0. The van der Waals surface area contributed by atoms with Gasteiger partial charge in [0.05, 0.1) is 4.90 Å². The van der Waals surface area contributed by atoms with E-state index in [1.165, 1.54) is 0 Å². The second-order valence-electron chi connectivity index (χ2n) is 4.80. The molecule has 0 aliphatic heterocycles. The highest BCUT2D eigenvalue weighted by atomic mass is 32.2. The molecule has 1 aromatic rings. The highest BCUT2D eigenvalue weighted by Crippen LogP contribution is 2.18. The molecule has 0 aliphatic rings. The number of rotatable bonds is 9. The third-order valence-electron chi connectivity index (χ3n) is 3.18. The van der Waals surface area contributed by atoms with Crippen molar-refractivity contribution in [1.29, 1.82) is 0 Å². The molecule has 4 nitrogen and oxygen atoms in total. The first-order valence-electron chi connectivity index (χ1n) is 7.40. The van der Waals surface area contributed by atoms with Crippen LogP contribution < -0.4 is 5.32 Å². The summed E-state index contributed by atoms with van der Waals surface area (Å²) in [7, 11) is -3.36. The van der Waals surface area contributed by atoms with Crippen LogP contribution in [0.25, 0.3) is 0 Å². The minimum atomic E-state index is -3.36. The molecule has 20 heavy (non-hydrogen) atoms. The van der Waals surface area contributed by atoms with Crippen molar-refractivity contribution in [2.75, 3.05) is 25.0 Å². The zero-order valence-corrected chi connectivity index (χ0v) is 13.5. The third-order valence-corrected chi connectivity index (χ3v) is 5.17. The first kappa shape index (κ1) is 17.0. The topological polar surface area (TPSA) is 49.4 Å². The van der Waals surface area contributed by atoms with Gasteiger partial charge in [-0.15, -0.1) is 0 Å². The average Bonchev–Trinajstić information content (AvgIpc) is 2.46. The van der Waals surface area contributed by atoms with Crippen LogP contribution in [-0.2, 0) is 10.0 Å². The summed E-state index contributed by atoms with van der Waals surface area (Å²) in [5.41, 5.74) is 0.961. The Labute approximate surface area is 123 Å². The summed E-state index contributed by atoms with van der Waals surface area (Å²) in [5, 5.41) is 3.24. The van der Waals surface area contributed by atoms with Gasteiger partial charge in [0.25, 0.3) is 0 Å². The van der Waals surface area contributed by atoms with Gasteiger partial charge in [0.2, 0.25) is 10.0 Å². The molecule has 0 bridgehead atoms. The van der Waals surface area contributed by atoms with E-state index in [4.69, 9.17) is 0 Å². The lowest BCUT2D eigenvalue weighted by molar-refractivity contribution is 0.419. The molecule has 1 rings (SSSR count). The number of hydrogen-bond donors (Lipinski definition) is 1. The van der Waals surface area contributed by atoms with Crippen molar-refractivity contribution < 1.29 is 8.42 Å². The summed E-state index contributed by atoms with van der Waals surface area (Å²) in [5.74, 6) is 0. The minimum absolute atomic E-state index is 0.373. The van der Waals surface area contributed by atoms with Gasteiger partial charge >= 0.3 is 0 Å². The van der Waals surface area contributed by atoms with Crippen LogP contribution in [0.2, 0.25) is 0 Å². The largest absolute Gasteiger partial charge is 0.385 e. The Kier molecular flexibility index (Phi) is 7.02. The summed E-state index contributed by atoms with van der Waals surface area (Å²) in [6.45, 7) is 8.03. The Hall–Kier alpha value is -1.07. The van der Waals surface area contributed by atoms with E-state index in [0.29, 0.717) is 18.0 Å². The van der Waals surface area contributed by atoms with Crippen LogP contribution in [0.5, 0.6) is 0 Å². The molecule has 0 aromatic heterocycles. The van der Waals surface area contributed by atoms with E-state index < -0.39 is 10.0 Å². The standard InChI is InChI=1S/C15H26N2O2S/c1-4-7-13-17(6-3)20(18,19)15-10-8-14(9-11-15)16-12-5-2/h8-11,16H,4-7,12-13H2,1-3H3. The number of anilines is 1. The van der Waals surface area contributed by atoms with Crippen LogP contribution in [0, 0.1) is 0 Å². The van der Waals surface area contributed by atoms with Crippen LogP contribution in [0.15, 0.2) is 29.2 Å². The molecule has 0 radical (unpaired) electrons. The molecule has 0 saturated heterocycles. The van der Waals surface area contributed by atoms with E-state index >= 15 is 0 Å². The van der Waals surface area contributed by atoms with E-state index in [2.05, 4.69) is 19.2 Å². The van der Waals surface area contributed by atoms with Crippen LogP contribution in [0.4, 0.5) is 5.69 Å². The summed E-state index contributed by atoms with van der Waals surface area (Å²) < 4.78 is 26.5. The minimum Gasteiger partial charge on any atom is -0.385 e. The van der Waals surface area contributed by atoms with Crippen molar-refractivity contribution in [3.63, 3.8) is 0 Å². The van der Waals surface area contributed by atoms with Gasteiger partial charge in [-0.2, -0.15) is 4.31 Å². The first-order valence-corrected chi connectivity index (χ1v) is 8.84. The molecule has 0 aliphatic carbocycles. The molecule has 114 valence electrons. The van der Waals surface area contributed by atoms with Gasteiger partial charge in [-0.25, -0.2) is 8.42 Å². The zero-order chi connectivity index (χ0) is 15.0. The maximum atomic E-state index is 12.5. The molecule has 0 saturated carbocycles. The number of hydrogen-bond acceptors (Lipinski definition) is 3. The van der Waals surface area contributed by atoms with Crippen LogP contribution in [0.1, 0.15) is 40.0 Å². The Balaban J connectivity index is 2.85. The Morgan fingerprint density at radius 1 is 1.05 bits per heavy atom. The van der Waals surface area contributed by atoms with Crippen molar-refractivity contribution in [3.8, 4) is 0 Å². The molecule has 5 heteroatoms. The summed E-state index contributed by atoms with van der Waals surface area (Å²) in [6.07, 6.45) is 2.93. The molecule has 0 atom stereocenters. The SMILES string of the molecule is CCCCN(CC)S(=O)(=O)c1ccc(NCCC)cc1. The zero-order valence-electron chi connectivity index (χ0n) is 12.7. The van der Waals surface area contributed by atoms with Crippen LogP contribution in [0.3, 0.4) is 0 Å². The van der Waals surface area contributed by atoms with Gasteiger partial charge in [0.15, 0.2) is 0 Å². The van der Waals surface area contributed by atoms with Gasteiger partial charge < -0.3 is 5.32 Å². The highest BCUT2D eigenvalue weighted by Gasteiger charge is 2.22. The van der Waals surface area contributed by atoms with Crippen molar-refractivity contribution in [3.05, 3.63) is 24.3 Å². The molecular formula is C15H26N2O2S. The summed E-state index contributed by atoms with van der Waals surface area (Å²) in [6, 6.07) is 7.02. The number of unbranched alkanes of at least 4 members (excludes halogenated alkanes) is 1. The molecule has 1 N–H and O–H groups in total. The van der Waals surface area contributed by atoms with E-state index in [1.54, 1.807) is 16.4 Å². The maximum absolute atomic E-state index is 12.5. The molecule has 0 amide bonds. The van der Waals surface area contributed by atoms with Crippen LogP contribution >= 0.6 is 0 Å². The molecule has 0 fully saturated rings. The van der Waals surface area contributed by atoms with Crippen molar-refractivity contribution in [2.24, 2.45) is 0 Å². The number of nitrogens with one attached hydrogen (secondary N) is 1. The van der Waals surface area contributed by atoms with E-state index in [1.807, 2.05) is 19.1 Å². The third kappa shape index (κ3) is 4.49. The fourth-order valence-corrected chi connectivity index (χ4v) is 3.43. The number of benzene rings is 1. The normalized spacial score (nSPS) is 11.8. The predicted octanol–water partition coefficient (Wildman–Crippen LogP) is 3.32. The fraction of sp³-hybridized carbons (Fsp3) is 0.600. The Morgan fingerprint density at radius 3 is 2.20 bits per heavy atom. The Bertz CT molecular complexity index is 483. The average molecular weight is 298 g/mol. The second-order valence-corrected chi connectivity index (χ2v) is 6.74. The molecule has 0 heterocycles.